The van der Waals surface area contributed by atoms with E-state index in [-0.39, 0.29) is 12.1 Å². The second kappa shape index (κ2) is 7.61. The van der Waals surface area contributed by atoms with Crippen LogP contribution in [0.1, 0.15) is 11.3 Å². The Morgan fingerprint density at radius 1 is 1.12 bits per heavy atom. The van der Waals surface area contributed by atoms with E-state index < -0.39 is 0 Å². The monoisotopic (exact) mass is 422 g/mol. The molecule has 156 valence electrons. The van der Waals surface area contributed by atoms with Gasteiger partial charge in [-0.25, -0.2) is 9.78 Å². The van der Waals surface area contributed by atoms with Gasteiger partial charge in [-0.2, -0.15) is 20.6 Å². The Balaban J connectivity index is 1.74. The van der Waals surface area contributed by atoms with Crippen molar-refractivity contribution in [3.8, 4) is 34.1 Å². The van der Waals surface area contributed by atoms with Crippen molar-refractivity contribution in [3.05, 3.63) is 82.7 Å². The number of nitrogens with zero attached hydrogens (tertiary/aromatic N) is 6. The summed E-state index contributed by atoms with van der Waals surface area (Å²) in [6.07, 6.45) is 5.30. The van der Waals surface area contributed by atoms with E-state index in [9.17, 15) is 10.1 Å². The van der Waals surface area contributed by atoms with Crippen molar-refractivity contribution in [2.75, 3.05) is 0 Å². The largest absolute Gasteiger partial charge is 0.325 e. The zero-order valence-electron chi connectivity index (χ0n) is 17.1. The van der Waals surface area contributed by atoms with Crippen molar-refractivity contribution < 1.29 is 0 Å². The average Bonchev–Trinajstić information content (AvgIpc) is 3.49. The van der Waals surface area contributed by atoms with Gasteiger partial charge in [0, 0.05) is 42.5 Å². The molecule has 3 N–H and O–H groups in total. The van der Waals surface area contributed by atoms with Gasteiger partial charge in [0.1, 0.15) is 0 Å². The topological polar surface area (TPSA) is 131 Å². The number of nitrogens with one attached hydrogen (secondary N) is 1. The van der Waals surface area contributed by atoms with Crippen LogP contribution in [0, 0.1) is 11.3 Å². The third-order valence-corrected chi connectivity index (χ3v) is 5.46. The quantitative estimate of drug-likeness (QED) is 0.457. The Hall–Kier alpha value is -4.55. The van der Waals surface area contributed by atoms with Crippen LogP contribution in [-0.4, -0.2) is 29.8 Å². The van der Waals surface area contributed by atoms with E-state index in [0.29, 0.717) is 22.0 Å². The molecular formula is C23H18N8O. The molecule has 32 heavy (non-hydrogen) atoms. The number of nitriles is 1. The molecule has 0 bridgehead atoms. The van der Waals surface area contributed by atoms with Gasteiger partial charge in [0.25, 0.3) is 5.56 Å². The molecular weight excluding hydrogens is 404 g/mol. The fraction of sp³-hybridized carbons (Fsp3) is 0.0870. The van der Waals surface area contributed by atoms with Crippen LogP contribution in [-0.2, 0) is 13.6 Å². The molecule has 2 aromatic carbocycles. The maximum atomic E-state index is 12.2. The van der Waals surface area contributed by atoms with Crippen LogP contribution in [0.15, 0.2) is 65.8 Å². The van der Waals surface area contributed by atoms with Gasteiger partial charge in [-0.1, -0.05) is 6.07 Å². The average molecular weight is 422 g/mol. The summed E-state index contributed by atoms with van der Waals surface area (Å²) in [5.74, 6) is 0. The number of aromatic amines is 1. The van der Waals surface area contributed by atoms with E-state index in [1.807, 2.05) is 43.6 Å². The molecule has 0 aliphatic heterocycles. The molecule has 0 aliphatic rings. The minimum atomic E-state index is -0.270. The zero-order valence-corrected chi connectivity index (χ0v) is 17.1. The third-order valence-electron chi connectivity index (χ3n) is 5.46. The molecule has 9 nitrogen and oxygen atoms in total. The molecule has 9 heteroatoms. The van der Waals surface area contributed by atoms with Crippen molar-refractivity contribution >= 4 is 10.8 Å². The van der Waals surface area contributed by atoms with E-state index in [0.717, 1.165) is 28.1 Å². The maximum Gasteiger partial charge on any atom is 0.272 e. The predicted octanol–water partition coefficient (Wildman–Crippen LogP) is 2.51. The molecule has 0 fully saturated rings. The normalized spacial score (nSPS) is 11.0. The van der Waals surface area contributed by atoms with Gasteiger partial charge in [0.15, 0.2) is 0 Å². The number of aryl methyl sites for hydroxylation is 1. The number of fused-ring (bicyclic) bond motifs is 1. The number of hydrogen-bond acceptors (Lipinski definition) is 6. The Morgan fingerprint density at radius 2 is 2.00 bits per heavy atom. The Kier molecular flexibility index (Phi) is 4.62. The summed E-state index contributed by atoms with van der Waals surface area (Å²) in [6.45, 7) is 0.196. The molecule has 3 heterocycles. The summed E-state index contributed by atoms with van der Waals surface area (Å²) < 4.78 is 3.48. The summed E-state index contributed by atoms with van der Waals surface area (Å²) >= 11 is 0. The summed E-state index contributed by atoms with van der Waals surface area (Å²) in [6, 6.07) is 15.2. The second-order valence-electron chi connectivity index (χ2n) is 7.29. The summed E-state index contributed by atoms with van der Waals surface area (Å²) in [4.78, 5) is 12.2. The van der Waals surface area contributed by atoms with Crippen LogP contribution >= 0.6 is 0 Å². The lowest BCUT2D eigenvalue weighted by molar-refractivity contribution is 0.775. The van der Waals surface area contributed by atoms with Crippen molar-refractivity contribution in [3.63, 3.8) is 0 Å². The van der Waals surface area contributed by atoms with Gasteiger partial charge in [0.2, 0.25) is 0 Å². The first-order valence-electron chi connectivity index (χ1n) is 9.89. The van der Waals surface area contributed by atoms with E-state index in [2.05, 4.69) is 26.5 Å². The molecule has 0 radical (unpaired) electrons. The number of H-pyrrole nitrogens is 1. The van der Waals surface area contributed by atoms with Crippen LogP contribution in [0.2, 0.25) is 0 Å². The van der Waals surface area contributed by atoms with Gasteiger partial charge in [-0.15, -0.1) is 0 Å². The predicted molar refractivity (Wildman–Crippen MR) is 120 cm³/mol. The van der Waals surface area contributed by atoms with Crippen LogP contribution in [0.5, 0.6) is 0 Å². The number of hydrogen-bond donors (Lipinski definition) is 2. The summed E-state index contributed by atoms with van der Waals surface area (Å²) in [5.41, 5.74) is 10.7. The van der Waals surface area contributed by atoms with Gasteiger partial charge in [0.05, 0.1) is 40.3 Å². The van der Waals surface area contributed by atoms with Crippen molar-refractivity contribution in [1.29, 1.82) is 5.26 Å². The van der Waals surface area contributed by atoms with E-state index in [1.54, 1.807) is 33.9 Å². The fourth-order valence-corrected chi connectivity index (χ4v) is 3.90. The Morgan fingerprint density at radius 3 is 2.75 bits per heavy atom. The SMILES string of the molecule is Cn1ncc(-c2ccc3c(=O)[nH]nc(CN)c3c2)c1-c1cc(-n2cccn2)ccc1C#N. The molecule has 0 saturated carbocycles. The summed E-state index contributed by atoms with van der Waals surface area (Å²) in [5, 5.41) is 26.3. The molecule has 0 unspecified atom stereocenters. The van der Waals surface area contributed by atoms with Gasteiger partial charge in [-0.05, 0) is 42.0 Å². The zero-order chi connectivity index (χ0) is 22.2. The van der Waals surface area contributed by atoms with E-state index >= 15 is 0 Å². The van der Waals surface area contributed by atoms with Crippen molar-refractivity contribution in [2.45, 2.75) is 6.54 Å². The van der Waals surface area contributed by atoms with E-state index in [1.165, 1.54) is 0 Å². The third kappa shape index (κ3) is 3.07. The highest BCUT2D eigenvalue weighted by Gasteiger charge is 2.18. The Bertz CT molecular complexity index is 1550. The molecule has 5 rings (SSSR count). The first kappa shape index (κ1) is 19.4. The van der Waals surface area contributed by atoms with Gasteiger partial charge >= 0.3 is 0 Å². The first-order valence-corrected chi connectivity index (χ1v) is 9.89. The molecule has 0 spiro atoms. The smallest absolute Gasteiger partial charge is 0.272 e. The van der Waals surface area contributed by atoms with E-state index in [4.69, 9.17) is 5.73 Å². The molecule has 0 amide bonds. The second-order valence-corrected chi connectivity index (χ2v) is 7.29. The highest BCUT2D eigenvalue weighted by atomic mass is 16.1. The first-order chi connectivity index (χ1) is 15.6. The fourth-order valence-electron chi connectivity index (χ4n) is 3.90. The lowest BCUT2D eigenvalue weighted by Gasteiger charge is -2.12. The molecule has 0 saturated heterocycles. The standard InChI is InChI=1S/C23H18N8O/c1-30-22(18-10-16(5-3-15(18)11-24)31-8-2-7-26-31)20(13-27-30)14-4-6-17-19(9-14)21(12-25)28-29-23(17)32/h2-10,13H,12,25H2,1H3,(H,29,32). The molecule has 0 aliphatic carbocycles. The number of rotatable bonds is 4. The Labute approximate surface area is 182 Å². The van der Waals surface area contributed by atoms with Gasteiger partial charge in [-0.3, -0.25) is 9.48 Å². The number of benzene rings is 2. The lowest BCUT2D eigenvalue weighted by Crippen LogP contribution is -2.13. The minimum absolute atomic E-state index is 0.196. The van der Waals surface area contributed by atoms with Crippen LogP contribution in [0.25, 0.3) is 38.8 Å². The molecule has 5 aromatic rings. The summed E-state index contributed by atoms with van der Waals surface area (Å²) in [7, 11) is 1.83. The highest BCUT2D eigenvalue weighted by molar-refractivity contribution is 5.92. The number of aromatic nitrogens is 6. The van der Waals surface area contributed by atoms with Gasteiger partial charge < -0.3 is 5.73 Å². The minimum Gasteiger partial charge on any atom is -0.325 e. The lowest BCUT2D eigenvalue weighted by atomic mass is 9.96. The maximum absolute atomic E-state index is 12.2. The van der Waals surface area contributed by atoms with Crippen LogP contribution < -0.4 is 11.3 Å². The molecule has 0 atom stereocenters. The van der Waals surface area contributed by atoms with Crippen molar-refractivity contribution in [1.82, 2.24) is 29.8 Å². The van der Waals surface area contributed by atoms with Crippen LogP contribution in [0.3, 0.4) is 0 Å². The van der Waals surface area contributed by atoms with Crippen LogP contribution in [0.4, 0.5) is 0 Å². The number of nitrogens with two attached hydrogens (primary N) is 1. The molecule has 3 aromatic heterocycles. The highest BCUT2D eigenvalue weighted by Crippen LogP contribution is 2.35. The van der Waals surface area contributed by atoms with Crippen molar-refractivity contribution in [2.24, 2.45) is 12.8 Å².